The van der Waals surface area contributed by atoms with Crippen LogP contribution in [0, 0.1) is 0 Å². The minimum absolute atomic E-state index is 0.0475. The Morgan fingerprint density at radius 2 is 1.91 bits per heavy atom. The van der Waals surface area contributed by atoms with E-state index >= 15 is 0 Å². The van der Waals surface area contributed by atoms with Crippen LogP contribution in [0.5, 0.6) is 0 Å². The van der Waals surface area contributed by atoms with Crippen molar-refractivity contribution in [2.45, 2.75) is 36.6 Å². The number of aliphatic hydroxyl groups is 4. The van der Waals surface area contributed by atoms with Crippen LogP contribution in [0.25, 0.3) is 0 Å². The van der Waals surface area contributed by atoms with Gasteiger partial charge in [0.1, 0.15) is 18.3 Å². The number of hydrogen-bond donors (Lipinski definition) is 4. The van der Waals surface area contributed by atoms with Crippen molar-refractivity contribution in [3.63, 3.8) is 0 Å². The lowest BCUT2D eigenvalue weighted by atomic mass is 9.90. The van der Waals surface area contributed by atoms with E-state index < -0.39 is 30.2 Å². The molecule has 0 radical (unpaired) electrons. The predicted molar refractivity (Wildman–Crippen MR) is 32.5 cm³/mol. The molecule has 2 fully saturated rings. The fourth-order valence-electron chi connectivity index (χ4n) is 1.49. The molecule has 5 atom stereocenters. The van der Waals surface area contributed by atoms with Gasteiger partial charge in [0.25, 0.3) is 0 Å². The summed E-state index contributed by atoms with van der Waals surface area (Å²) in [6.45, 7) is 0. The molecule has 0 amide bonds. The molecule has 1 saturated carbocycles. The van der Waals surface area contributed by atoms with Gasteiger partial charge in [0.15, 0.2) is 0 Å². The second-order valence-corrected chi connectivity index (χ2v) is 3.10. The van der Waals surface area contributed by atoms with Crippen molar-refractivity contribution < 1.29 is 25.2 Å². The second kappa shape index (κ2) is 1.94. The van der Waals surface area contributed by atoms with Crippen molar-refractivity contribution in [1.29, 1.82) is 0 Å². The van der Waals surface area contributed by atoms with E-state index in [2.05, 4.69) is 4.74 Å². The molecule has 5 heteroatoms. The van der Waals surface area contributed by atoms with E-state index in [1.165, 1.54) is 0 Å². The maximum atomic E-state index is 9.26. The van der Waals surface area contributed by atoms with E-state index in [-0.39, 0.29) is 6.42 Å². The molecular formula is C6H10O5. The number of rotatable bonds is 0. The molecular weight excluding hydrogens is 152 g/mol. The normalized spacial score (nSPS) is 62.2. The van der Waals surface area contributed by atoms with Crippen molar-refractivity contribution in [2.75, 3.05) is 0 Å². The van der Waals surface area contributed by atoms with Crippen molar-refractivity contribution in [3.05, 3.63) is 0 Å². The lowest BCUT2D eigenvalue weighted by molar-refractivity contribution is -0.115. The highest BCUT2D eigenvalue weighted by atomic mass is 16.8. The van der Waals surface area contributed by atoms with Gasteiger partial charge in [-0.1, -0.05) is 0 Å². The summed E-state index contributed by atoms with van der Waals surface area (Å²) < 4.78 is 4.66. The first kappa shape index (κ1) is 7.45. The van der Waals surface area contributed by atoms with Crippen molar-refractivity contribution >= 4 is 0 Å². The molecule has 64 valence electrons. The number of fused-ring (bicyclic) bond motifs is 1. The van der Waals surface area contributed by atoms with E-state index in [0.717, 1.165) is 0 Å². The van der Waals surface area contributed by atoms with Gasteiger partial charge in [0, 0.05) is 6.42 Å². The topological polar surface area (TPSA) is 93.5 Å². The van der Waals surface area contributed by atoms with Gasteiger partial charge >= 0.3 is 0 Å². The first-order valence-corrected chi connectivity index (χ1v) is 3.50. The number of epoxide rings is 1. The average Bonchev–Trinajstić information content (AvgIpc) is 2.60. The van der Waals surface area contributed by atoms with Crippen molar-refractivity contribution in [3.8, 4) is 0 Å². The molecule has 11 heavy (non-hydrogen) atoms. The molecule has 1 heterocycles. The summed E-state index contributed by atoms with van der Waals surface area (Å²) in [6.07, 6.45) is -4.04. The smallest absolute Gasteiger partial charge is 0.222 e. The largest absolute Gasteiger partial charge is 0.390 e. The fraction of sp³-hybridized carbons (Fsp3) is 1.00. The van der Waals surface area contributed by atoms with E-state index in [4.69, 9.17) is 15.3 Å². The Bertz CT molecular complexity index is 184. The van der Waals surface area contributed by atoms with Gasteiger partial charge in [-0.2, -0.15) is 0 Å². The minimum atomic E-state index is -1.60. The minimum Gasteiger partial charge on any atom is -0.390 e. The maximum absolute atomic E-state index is 9.26. The summed E-state index contributed by atoms with van der Waals surface area (Å²) in [7, 11) is 0. The monoisotopic (exact) mass is 162 g/mol. The number of hydrogen-bond acceptors (Lipinski definition) is 5. The van der Waals surface area contributed by atoms with Gasteiger partial charge in [-0.05, 0) is 0 Å². The second-order valence-electron chi connectivity index (χ2n) is 3.10. The Labute approximate surface area is 62.8 Å². The van der Waals surface area contributed by atoms with Gasteiger partial charge in [-0.3, -0.25) is 0 Å². The third kappa shape index (κ3) is 0.830. The van der Waals surface area contributed by atoms with Crippen LogP contribution in [0.1, 0.15) is 6.42 Å². The lowest BCUT2D eigenvalue weighted by Gasteiger charge is -2.26. The Hall–Kier alpha value is -0.200. The zero-order valence-electron chi connectivity index (χ0n) is 5.71. The average molecular weight is 162 g/mol. The standard InChI is InChI=1S/C6H10O5/c7-2-1-3(8)6(10)5(11-6)4(2)9/h2-5,7-10H,1H2/t2-,3?,4?,5?,6-/m1/s1. The van der Waals surface area contributed by atoms with Crippen LogP contribution in [0.2, 0.25) is 0 Å². The molecule has 0 aromatic carbocycles. The molecule has 0 aromatic heterocycles. The fourth-order valence-corrected chi connectivity index (χ4v) is 1.49. The first-order valence-electron chi connectivity index (χ1n) is 3.50. The van der Waals surface area contributed by atoms with Crippen LogP contribution in [0.3, 0.4) is 0 Å². The van der Waals surface area contributed by atoms with E-state index in [1.54, 1.807) is 0 Å². The maximum Gasteiger partial charge on any atom is 0.222 e. The third-order valence-electron chi connectivity index (χ3n) is 2.31. The predicted octanol–water partition coefficient (Wildman–Crippen LogP) is -2.44. The molecule has 4 N–H and O–H groups in total. The van der Waals surface area contributed by atoms with E-state index in [9.17, 15) is 5.11 Å². The highest BCUT2D eigenvalue weighted by molar-refractivity contribution is 5.09. The quantitative estimate of drug-likeness (QED) is 0.297. The molecule has 0 bridgehead atoms. The summed E-state index contributed by atoms with van der Waals surface area (Å²) in [4.78, 5) is 0. The van der Waals surface area contributed by atoms with Gasteiger partial charge in [0.05, 0.1) is 6.10 Å². The van der Waals surface area contributed by atoms with Crippen LogP contribution in [0.15, 0.2) is 0 Å². The number of ether oxygens (including phenoxy) is 1. The summed E-state index contributed by atoms with van der Waals surface area (Å²) in [5.74, 6) is -1.60. The molecule has 1 aliphatic heterocycles. The molecule has 2 rings (SSSR count). The van der Waals surface area contributed by atoms with Gasteiger partial charge in [-0.15, -0.1) is 0 Å². The van der Waals surface area contributed by atoms with Crippen LogP contribution in [0.4, 0.5) is 0 Å². The van der Waals surface area contributed by atoms with Crippen LogP contribution >= 0.6 is 0 Å². The van der Waals surface area contributed by atoms with Gasteiger partial charge in [0.2, 0.25) is 5.79 Å². The summed E-state index contributed by atoms with van der Waals surface area (Å²) >= 11 is 0. The lowest BCUT2D eigenvalue weighted by Crippen LogP contribution is -2.48. The zero-order valence-corrected chi connectivity index (χ0v) is 5.71. The molecule has 1 aliphatic carbocycles. The summed E-state index contributed by atoms with van der Waals surface area (Å²) in [5, 5.41) is 36.6. The molecule has 3 unspecified atom stereocenters. The summed E-state index contributed by atoms with van der Waals surface area (Å²) in [5.41, 5.74) is 0. The number of aliphatic hydroxyl groups excluding tert-OH is 3. The zero-order chi connectivity index (χ0) is 8.22. The van der Waals surface area contributed by atoms with Crippen LogP contribution in [-0.4, -0.2) is 50.6 Å². The Balaban J connectivity index is 2.15. The van der Waals surface area contributed by atoms with E-state index in [0.29, 0.717) is 0 Å². The van der Waals surface area contributed by atoms with Crippen LogP contribution < -0.4 is 0 Å². The SMILES string of the molecule is OC1C2O[C@]2(O)C(O)C[C@H]1O. The Morgan fingerprint density at radius 1 is 1.27 bits per heavy atom. The third-order valence-corrected chi connectivity index (χ3v) is 2.31. The molecule has 5 nitrogen and oxygen atoms in total. The van der Waals surface area contributed by atoms with Gasteiger partial charge < -0.3 is 25.2 Å². The van der Waals surface area contributed by atoms with Crippen molar-refractivity contribution in [1.82, 2.24) is 0 Å². The highest BCUT2D eigenvalue weighted by Gasteiger charge is 2.68. The Kier molecular flexibility index (Phi) is 1.31. The molecule has 1 saturated heterocycles. The highest BCUT2D eigenvalue weighted by Crippen LogP contribution is 2.45. The molecule has 0 spiro atoms. The van der Waals surface area contributed by atoms with Gasteiger partial charge in [-0.25, -0.2) is 0 Å². The Morgan fingerprint density at radius 3 is 2.55 bits per heavy atom. The first-order chi connectivity index (χ1) is 5.05. The van der Waals surface area contributed by atoms with Crippen LogP contribution in [-0.2, 0) is 4.74 Å². The molecule has 0 aromatic rings. The van der Waals surface area contributed by atoms with Crippen molar-refractivity contribution in [2.24, 2.45) is 0 Å². The van der Waals surface area contributed by atoms with E-state index in [1.807, 2.05) is 0 Å². The molecule has 2 aliphatic rings. The summed E-state index contributed by atoms with van der Waals surface area (Å²) in [6, 6.07) is 0.